The highest BCUT2D eigenvalue weighted by atomic mass is 32.2. The van der Waals surface area contributed by atoms with Gasteiger partial charge in [-0.05, 0) is 44.9 Å². The van der Waals surface area contributed by atoms with Gasteiger partial charge in [0.25, 0.3) is 10.0 Å². The van der Waals surface area contributed by atoms with Crippen molar-refractivity contribution >= 4 is 38.7 Å². The zero-order valence-electron chi connectivity index (χ0n) is 19.2. The summed E-state index contributed by atoms with van der Waals surface area (Å²) in [6.07, 6.45) is 0.355. The lowest BCUT2D eigenvalue weighted by Crippen LogP contribution is -2.23. The van der Waals surface area contributed by atoms with Gasteiger partial charge >= 0.3 is 5.97 Å². The van der Waals surface area contributed by atoms with Gasteiger partial charge in [-0.25, -0.2) is 8.42 Å². The minimum atomic E-state index is -3.70. The first-order valence-electron chi connectivity index (χ1n) is 10.7. The maximum atomic E-state index is 12.2. The molecule has 0 fully saturated rings. The van der Waals surface area contributed by atoms with Crippen LogP contribution in [-0.2, 0) is 14.8 Å². The maximum Gasteiger partial charge on any atom is 0.309 e. The first-order valence-corrected chi connectivity index (χ1v) is 13.0. The molecular weight excluding hydrogens is 474 g/mol. The molecule has 9 nitrogen and oxygen atoms in total. The molecule has 2 unspecified atom stereocenters. The first kappa shape index (κ1) is 23.8. The third-order valence-corrected chi connectivity index (χ3v) is 8.09. The van der Waals surface area contributed by atoms with E-state index in [2.05, 4.69) is 21.5 Å². The molecule has 3 aromatic rings. The minimum Gasteiger partial charge on any atom is -0.481 e. The average Bonchev–Trinajstić information content (AvgIpc) is 3.25. The number of nitrogens with zero attached hydrogens (tertiary/aromatic N) is 4. The van der Waals surface area contributed by atoms with E-state index in [-0.39, 0.29) is 0 Å². The van der Waals surface area contributed by atoms with Gasteiger partial charge in [-0.2, -0.15) is 0 Å². The second-order valence-electron chi connectivity index (χ2n) is 8.07. The number of aliphatic carboxylic acids is 1. The van der Waals surface area contributed by atoms with Crippen LogP contribution in [0.1, 0.15) is 52.6 Å². The quantitative estimate of drug-likeness (QED) is 0.503. The molecule has 0 radical (unpaired) electrons. The maximum absolute atomic E-state index is 12.2. The molecule has 0 bridgehead atoms. The monoisotopic (exact) mass is 499 g/mol. The minimum absolute atomic E-state index is 0.355. The molecule has 1 aliphatic heterocycles. The lowest BCUT2D eigenvalue weighted by atomic mass is 9.95. The Balaban J connectivity index is 2.01. The molecule has 0 aliphatic carbocycles. The molecule has 178 valence electrons. The standard InChI is InChI=1S/C23H25N5O4S2/c1-6-17(23(29)30)20-21-26-25-14(5)28(21)22-18(12(3)13(4)33-22)19(24-20)15-9-8-10-16(11-15)27-34(31,32)7-2/h7-11,17,20,27H,2,6H2,1,3-5H3,(H,29,30). The van der Waals surface area contributed by atoms with Gasteiger partial charge in [0.2, 0.25) is 0 Å². The zero-order valence-corrected chi connectivity index (χ0v) is 20.9. The molecule has 34 heavy (non-hydrogen) atoms. The van der Waals surface area contributed by atoms with Crippen LogP contribution in [0.15, 0.2) is 41.2 Å². The number of aromatic nitrogens is 3. The zero-order chi connectivity index (χ0) is 24.8. The second-order valence-corrected chi connectivity index (χ2v) is 10.9. The Labute approximate surface area is 201 Å². The Morgan fingerprint density at radius 2 is 2.06 bits per heavy atom. The smallest absolute Gasteiger partial charge is 0.309 e. The Kier molecular flexibility index (Phi) is 6.17. The van der Waals surface area contributed by atoms with Crippen molar-refractivity contribution in [3.8, 4) is 5.00 Å². The summed E-state index contributed by atoms with van der Waals surface area (Å²) < 4.78 is 28.4. The van der Waals surface area contributed by atoms with E-state index in [0.717, 1.165) is 26.4 Å². The Hall–Kier alpha value is -3.31. The van der Waals surface area contributed by atoms with Crippen LogP contribution < -0.4 is 4.72 Å². The number of carbonyl (C=O) groups is 1. The van der Waals surface area contributed by atoms with Crippen LogP contribution in [0, 0.1) is 26.7 Å². The van der Waals surface area contributed by atoms with Crippen molar-refractivity contribution in [1.82, 2.24) is 14.8 Å². The number of aryl methyl sites for hydroxylation is 2. The summed E-state index contributed by atoms with van der Waals surface area (Å²) in [6, 6.07) is 6.11. The van der Waals surface area contributed by atoms with Crippen LogP contribution in [0.25, 0.3) is 5.00 Å². The van der Waals surface area contributed by atoms with E-state index < -0.39 is 28.0 Å². The number of aliphatic imine (C=N–C) groups is 1. The highest BCUT2D eigenvalue weighted by Crippen LogP contribution is 2.41. The molecule has 0 amide bonds. The summed E-state index contributed by atoms with van der Waals surface area (Å²) in [5, 5.41) is 20.2. The predicted octanol–water partition coefficient (Wildman–Crippen LogP) is 4.14. The number of hydrogen-bond acceptors (Lipinski definition) is 7. The van der Waals surface area contributed by atoms with E-state index in [0.29, 0.717) is 35.0 Å². The molecular formula is C23H25N5O4S2. The van der Waals surface area contributed by atoms with Gasteiger partial charge in [-0.1, -0.05) is 25.6 Å². The number of thiophene rings is 1. The Morgan fingerprint density at radius 1 is 1.32 bits per heavy atom. The Bertz CT molecular complexity index is 1440. The molecule has 4 rings (SSSR count). The number of sulfonamides is 1. The lowest BCUT2D eigenvalue weighted by Gasteiger charge is -2.19. The molecule has 3 heterocycles. The number of rotatable bonds is 7. The fraction of sp³-hybridized carbons (Fsp3) is 0.304. The van der Waals surface area contributed by atoms with Gasteiger partial charge in [0.05, 0.1) is 11.6 Å². The summed E-state index contributed by atoms with van der Waals surface area (Å²) in [7, 11) is -3.70. The van der Waals surface area contributed by atoms with Crippen molar-refractivity contribution in [3.63, 3.8) is 0 Å². The number of anilines is 1. The number of fused-ring (bicyclic) bond motifs is 3. The van der Waals surface area contributed by atoms with Crippen LogP contribution in [0.4, 0.5) is 5.69 Å². The van der Waals surface area contributed by atoms with Gasteiger partial charge in [0.1, 0.15) is 16.9 Å². The summed E-state index contributed by atoms with van der Waals surface area (Å²) in [5.41, 5.74) is 3.48. The highest BCUT2D eigenvalue weighted by Gasteiger charge is 2.37. The lowest BCUT2D eigenvalue weighted by molar-refractivity contribution is -0.142. The van der Waals surface area contributed by atoms with Gasteiger partial charge in [0, 0.05) is 27.1 Å². The molecule has 1 aliphatic rings. The fourth-order valence-electron chi connectivity index (χ4n) is 4.09. The van der Waals surface area contributed by atoms with Crippen LogP contribution in [0.3, 0.4) is 0 Å². The van der Waals surface area contributed by atoms with Gasteiger partial charge in [-0.15, -0.1) is 21.5 Å². The summed E-state index contributed by atoms with van der Waals surface area (Å²) in [5.74, 6) is -0.650. The van der Waals surface area contributed by atoms with Crippen LogP contribution in [-0.4, -0.2) is 40.0 Å². The van der Waals surface area contributed by atoms with E-state index in [4.69, 9.17) is 4.99 Å². The Morgan fingerprint density at radius 3 is 2.71 bits per heavy atom. The number of benzene rings is 1. The molecule has 1 aromatic carbocycles. The summed E-state index contributed by atoms with van der Waals surface area (Å²) in [4.78, 5) is 18.2. The van der Waals surface area contributed by atoms with E-state index in [1.807, 2.05) is 38.3 Å². The molecule has 11 heteroatoms. The summed E-state index contributed by atoms with van der Waals surface area (Å²) in [6.45, 7) is 11.0. The van der Waals surface area contributed by atoms with E-state index >= 15 is 0 Å². The van der Waals surface area contributed by atoms with Gasteiger partial charge in [0.15, 0.2) is 5.82 Å². The third kappa shape index (κ3) is 4.05. The van der Waals surface area contributed by atoms with Crippen molar-refractivity contribution in [2.75, 3.05) is 4.72 Å². The predicted molar refractivity (Wildman–Crippen MR) is 132 cm³/mol. The molecule has 2 N–H and O–H groups in total. The number of carboxylic acids is 1. The molecule has 2 aromatic heterocycles. The highest BCUT2D eigenvalue weighted by molar-refractivity contribution is 7.95. The van der Waals surface area contributed by atoms with E-state index in [1.54, 1.807) is 29.5 Å². The van der Waals surface area contributed by atoms with Crippen molar-refractivity contribution < 1.29 is 18.3 Å². The molecule has 2 atom stereocenters. The van der Waals surface area contributed by atoms with Gasteiger partial charge < -0.3 is 5.11 Å². The molecule has 0 saturated heterocycles. The molecule has 0 spiro atoms. The molecule has 0 saturated carbocycles. The van der Waals surface area contributed by atoms with Crippen LogP contribution in [0.2, 0.25) is 0 Å². The summed E-state index contributed by atoms with van der Waals surface area (Å²) >= 11 is 1.57. The second kappa shape index (κ2) is 8.80. The van der Waals surface area contributed by atoms with Crippen molar-refractivity contribution in [1.29, 1.82) is 0 Å². The largest absolute Gasteiger partial charge is 0.481 e. The van der Waals surface area contributed by atoms with Crippen molar-refractivity contribution in [3.05, 3.63) is 69.5 Å². The number of nitrogens with one attached hydrogen (secondary N) is 1. The van der Waals surface area contributed by atoms with Crippen molar-refractivity contribution in [2.45, 2.75) is 40.2 Å². The van der Waals surface area contributed by atoms with Gasteiger partial charge in [-0.3, -0.25) is 19.1 Å². The third-order valence-electron chi connectivity index (χ3n) is 5.94. The topological polar surface area (TPSA) is 127 Å². The van der Waals surface area contributed by atoms with Crippen LogP contribution in [0.5, 0.6) is 0 Å². The normalized spacial score (nSPS) is 16.1. The first-order chi connectivity index (χ1) is 16.1. The van der Waals surface area contributed by atoms with Crippen LogP contribution >= 0.6 is 11.3 Å². The fourth-order valence-corrected chi connectivity index (χ4v) is 5.84. The average molecular weight is 500 g/mol. The van der Waals surface area contributed by atoms with E-state index in [9.17, 15) is 18.3 Å². The van der Waals surface area contributed by atoms with Crippen molar-refractivity contribution in [2.24, 2.45) is 10.9 Å². The number of hydrogen-bond donors (Lipinski definition) is 2. The SMILES string of the molecule is C=CS(=O)(=O)Nc1cccc(C2=NC(C(CC)C(=O)O)c3nnc(C)n3-c3sc(C)c(C)c32)c1. The number of carboxylic acid groups (broad SMARTS) is 1. The van der Waals surface area contributed by atoms with E-state index in [1.165, 1.54) is 0 Å².